The Bertz CT molecular complexity index is 2790. The van der Waals surface area contributed by atoms with Crippen molar-refractivity contribution >= 4 is 27.5 Å². The van der Waals surface area contributed by atoms with Gasteiger partial charge in [-0.25, -0.2) is 13.1 Å². The molecule has 68 heavy (non-hydrogen) atoms. The molecule has 12 heteroatoms. The van der Waals surface area contributed by atoms with Gasteiger partial charge >= 0.3 is 0 Å². The zero-order chi connectivity index (χ0) is 50.5. The van der Waals surface area contributed by atoms with E-state index in [0.717, 1.165) is 96.6 Å². The van der Waals surface area contributed by atoms with Crippen LogP contribution in [-0.2, 0) is 79.8 Å². The van der Waals surface area contributed by atoms with Crippen molar-refractivity contribution in [2.24, 2.45) is 5.73 Å². The summed E-state index contributed by atoms with van der Waals surface area (Å²) in [6, 6.07) is 21.8. The number of nitro groups is 1. The summed E-state index contributed by atoms with van der Waals surface area (Å²) in [5.41, 5.74) is 17.8. The summed E-state index contributed by atoms with van der Waals surface area (Å²) in [5.74, 6) is 0.172. The molecule has 0 fully saturated rings. The number of sulfonamides is 1. The number of hydrogen-bond acceptors (Lipinski definition) is 8. The van der Waals surface area contributed by atoms with Crippen LogP contribution in [0.5, 0.6) is 11.5 Å². The molecule has 0 saturated heterocycles. The van der Waals surface area contributed by atoms with Crippen molar-refractivity contribution in [3.63, 3.8) is 0 Å². The quantitative estimate of drug-likeness (QED) is 0.107. The summed E-state index contributed by atoms with van der Waals surface area (Å²) in [6.45, 7) is 26.0. The summed E-state index contributed by atoms with van der Waals surface area (Å²) >= 11 is 0. The molecule has 0 spiro atoms. The number of ether oxygens (including phenoxy) is 2. The Kier molecular flexibility index (Phi) is 14.2. The molecule has 2 amide bonds. The molecule has 0 aliphatic heterocycles. The van der Waals surface area contributed by atoms with Gasteiger partial charge in [-0.2, -0.15) is 0 Å². The fourth-order valence-electron chi connectivity index (χ4n) is 9.12. The molecule has 0 heterocycles. The lowest BCUT2D eigenvalue weighted by atomic mass is 9.77. The van der Waals surface area contributed by atoms with Gasteiger partial charge in [-0.05, 0) is 112 Å². The van der Waals surface area contributed by atoms with Gasteiger partial charge in [-0.3, -0.25) is 19.7 Å². The number of nitro benzene ring substituents is 1. The number of amides is 2. The van der Waals surface area contributed by atoms with E-state index in [-0.39, 0.29) is 45.1 Å². The van der Waals surface area contributed by atoms with E-state index in [1.165, 1.54) is 0 Å². The number of rotatable bonds is 9. The number of nitrogens with zero attached hydrogens (tertiary/aromatic N) is 1. The molecule has 1 aliphatic rings. The largest absolute Gasteiger partial charge is 0.496 e. The number of carbonyl (C=O) groups excluding carboxylic acids is 2. The van der Waals surface area contributed by atoms with Crippen molar-refractivity contribution < 1.29 is 32.4 Å². The molecule has 8 bridgehead atoms. The molecule has 0 atom stereocenters. The number of primary amides is 1. The number of nitrogens with two attached hydrogens (primary N) is 1. The summed E-state index contributed by atoms with van der Waals surface area (Å²) < 4.78 is 42.5. The van der Waals surface area contributed by atoms with Crippen LogP contribution >= 0.6 is 0 Å². The molecule has 6 rings (SSSR count). The third kappa shape index (κ3) is 11.5. The van der Waals surface area contributed by atoms with E-state index >= 15 is 0 Å². The maximum Gasteiger partial charge on any atom is 0.269 e. The maximum absolute atomic E-state index is 14.4. The third-order valence-corrected chi connectivity index (χ3v) is 14.4. The van der Waals surface area contributed by atoms with Crippen LogP contribution in [-0.4, -0.2) is 39.4 Å². The summed E-state index contributed by atoms with van der Waals surface area (Å²) in [4.78, 5) is 37.9. The van der Waals surface area contributed by atoms with Gasteiger partial charge in [0, 0.05) is 37.8 Å². The standard InChI is InChI=1S/C56H69N3O8S/c1-53(2,3)41-23-33-19-37-27-43(55(7,8)9)29-39(51(37)66-13)21-35-25-42(54(4,5)6)26-36(48(35)32-50(61)58-68(64,65)46-17-15-45(16-18-46)59(62)63)22-40-30-44(56(10,11)12)28-38(52(40)67-14)20-34(24-41)47(33)31-49(57)60/h15-18,23-30H,19-22,31-32H2,1-14H3,(H2,57,60)(H,58,61). The Hall–Kier alpha value is -6.01. The van der Waals surface area contributed by atoms with E-state index in [1.54, 1.807) is 14.2 Å². The summed E-state index contributed by atoms with van der Waals surface area (Å²) in [5, 5.41) is 11.3. The lowest BCUT2D eigenvalue weighted by molar-refractivity contribution is -0.384. The summed E-state index contributed by atoms with van der Waals surface area (Å²) in [6.07, 6.45) is 1.30. The van der Waals surface area contributed by atoms with Crippen LogP contribution in [0.25, 0.3) is 0 Å². The number of benzene rings is 5. The lowest BCUT2D eigenvalue weighted by Crippen LogP contribution is -2.32. The van der Waals surface area contributed by atoms with E-state index in [2.05, 4.69) is 136 Å². The highest BCUT2D eigenvalue weighted by atomic mass is 32.2. The van der Waals surface area contributed by atoms with Crippen LogP contribution in [0, 0.1) is 10.1 Å². The molecule has 0 aromatic heterocycles. The number of methoxy groups -OCH3 is 2. The molecular weight excluding hydrogens is 875 g/mol. The van der Waals surface area contributed by atoms with Crippen LogP contribution in [0.15, 0.2) is 77.7 Å². The highest BCUT2D eigenvalue weighted by Crippen LogP contribution is 2.42. The normalized spacial score (nSPS) is 13.4. The molecule has 5 aromatic rings. The predicted octanol–water partition coefficient (Wildman–Crippen LogP) is 10.6. The van der Waals surface area contributed by atoms with Crippen molar-refractivity contribution in [3.8, 4) is 11.5 Å². The molecular formula is C56H69N3O8S. The van der Waals surface area contributed by atoms with Gasteiger partial charge in [0.15, 0.2) is 0 Å². The highest BCUT2D eigenvalue weighted by Gasteiger charge is 2.30. The SMILES string of the molecule is COc1c2cc(C(C)(C)C)cc1Cc1cc(C(C)(C)C)cc(c1CC(=O)NS(=O)(=O)c1ccc([N+](=O)[O-])cc1)Cc1cc(C(C)(C)C)cc(c1OC)Cc1cc(C(C)(C)C)cc(c1CC(N)=O)C2. The predicted molar refractivity (Wildman–Crippen MR) is 270 cm³/mol. The van der Waals surface area contributed by atoms with Crippen molar-refractivity contribution in [2.45, 2.75) is 148 Å². The molecule has 11 nitrogen and oxygen atoms in total. The van der Waals surface area contributed by atoms with E-state index < -0.39 is 26.8 Å². The van der Waals surface area contributed by atoms with Crippen molar-refractivity contribution in [3.05, 3.63) is 161 Å². The van der Waals surface area contributed by atoms with Crippen LogP contribution < -0.4 is 19.9 Å². The number of non-ortho nitro benzene ring substituents is 1. The first-order chi connectivity index (χ1) is 31.4. The second kappa shape index (κ2) is 18.8. The first-order valence-corrected chi connectivity index (χ1v) is 24.7. The van der Waals surface area contributed by atoms with Gasteiger partial charge in [0.25, 0.3) is 15.7 Å². The maximum atomic E-state index is 14.4. The number of nitrogens with one attached hydrogen (secondary N) is 1. The minimum atomic E-state index is -4.42. The second-order valence-corrected chi connectivity index (χ2v) is 24.2. The fraction of sp³-hybridized carbons (Fsp3) is 0.429. The van der Waals surface area contributed by atoms with Crippen molar-refractivity contribution in [1.29, 1.82) is 0 Å². The van der Waals surface area contributed by atoms with E-state index in [1.807, 2.05) is 0 Å². The van der Waals surface area contributed by atoms with Gasteiger partial charge in [-0.1, -0.05) is 132 Å². The van der Waals surface area contributed by atoms with Crippen molar-refractivity contribution in [2.75, 3.05) is 14.2 Å². The van der Waals surface area contributed by atoms with Gasteiger partial charge in [0.2, 0.25) is 11.8 Å². The van der Waals surface area contributed by atoms with Crippen LogP contribution in [0.4, 0.5) is 5.69 Å². The molecule has 3 N–H and O–H groups in total. The number of fused-ring (bicyclic) bond motifs is 8. The molecule has 0 unspecified atom stereocenters. The molecule has 5 aromatic carbocycles. The van der Waals surface area contributed by atoms with E-state index in [4.69, 9.17) is 15.2 Å². The smallest absolute Gasteiger partial charge is 0.269 e. The van der Waals surface area contributed by atoms with Gasteiger partial charge < -0.3 is 15.2 Å². The summed E-state index contributed by atoms with van der Waals surface area (Å²) in [7, 11) is -1.08. The number of hydrogen-bond donors (Lipinski definition) is 2. The Morgan fingerprint density at radius 3 is 1.12 bits per heavy atom. The highest BCUT2D eigenvalue weighted by molar-refractivity contribution is 7.90. The molecule has 0 radical (unpaired) electrons. The molecule has 1 aliphatic carbocycles. The first kappa shape index (κ1) is 51.4. The Balaban J connectivity index is 1.72. The van der Waals surface area contributed by atoms with Crippen molar-refractivity contribution in [1.82, 2.24) is 4.72 Å². The van der Waals surface area contributed by atoms with Crippen LogP contribution in [0.1, 0.15) is 161 Å². The van der Waals surface area contributed by atoms with Gasteiger partial charge in [0.1, 0.15) is 11.5 Å². The first-order valence-electron chi connectivity index (χ1n) is 23.2. The Labute approximate surface area is 403 Å². The number of carbonyl (C=O) groups is 2. The zero-order valence-electron chi connectivity index (χ0n) is 42.4. The second-order valence-electron chi connectivity index (χ2n) is 22.5. The van der Waals surface area contributed by atoms with E-state index in [9.17, 15) is 28.1 Å². The van der Waals surface area contributed by atoms with Crippen LogP contribution in [0.2, 0.25) is 0 Å². The Morgan fingerprint density at radius 2 is 0.853 bits per heavy atom. The molecule has 362 valence electrons. The minimum Gasteiger partial charge on any atom is -0.496 e. The minimum absolute atomic E-state index is 0.0445. The topological polar surface area (TPSA) is 168 Å². The average Bonchev–Trinajstić information content (AvgIpc) is 3.20. The van der Waals surface area contributed by atoms with E-state index in [0.29, 0.717) is 42.7 Å². The van der Waals surface area contributed by atoms with Gasteiger partial charge in [0.05, 0.1) is 36.9 Å². The van der Waals surface area contributed by atoms with Crippen LogP contribution in [0.3, 0.4) is 0 Å². The molecule has 0 saturated carbocycles. The van der Waals surface area contributed by atoms with Gasteiger partial charge in [-0.15, -0.1) is 0 Å². The average molecular weight is 944 g/mol. The Morgan fingerprint density at radius 1 is 0.559 bits per heavy atom. The fourth-order valence-corrected chi connectivity index (χ4v) is 10.1. The third-order valence-electron chi connectivity index (χ3n) is 13.0. The lowest BCUT2D eigenvalue weighted by Gasteiger charge is -2.29. The zero-order valence-corrected chi connectivity index (χ0v) is 43.2. The monoisotopic (exact) mass is 943 g/mol.